The van der Waals surface area contributed by atoms with Crippen LogP contribution in [-0.4, -0.2) is 30.0 Å². The molecule has 4 nitrogen and oxygen atoms in total. The highest BCUT2D eigenvalue weighted by Crippen LogP contribution is 2.28. The molecule has 0 saturated heterocycles. The van der Waals surface area contributed by atoms with Crippen molar-refractivity contribution in [2.24, 2.45) is 0 Å². The van der Waals surface area contributed by atoms with E-state index in [1.54, 1.807) is 12.1 Å². The van der Waals surface area contributed by atoms with Crippen LogP contribution < -0.4 is 10.1 Å². The number of nitrogens with zero attached hydrogens (tertiary/aromatic N) is 1. The molecule has 0 spiro atoms. The second-order valence-corrected chi connectivity index (χ2v) is 6.92. The fourth-order valence-corrected chi connectivity index (χ4v) is 3.03. The zero-order valence-electron chi connectivity index (χ0n) is 15.3. The van der Waals surface area contributed by atoms with Gasteiger partial charge in [-0.05, 0) is 43.0 Å². The van der Waals surface area contributed by atoms with E-state index in [0.29, 0.717) is 19.1 Å². The van der Waals surface area contributed by atoms with E-state index in [0.717, 1.165) is 24.9 Å². The van der Waals surface area contributed by atoms with Crippen LogP contribution in [0.1, 0.15) is 29.5 Å². The Kier molecular flexibility index (Phi) is 6.40. The summed E-state index contributed by atoms with van der Waals surface area (Å²) in [7, 11) is 0. The zero-order chi connectivity index (χ0) is 19.2. The molecular weight excluding hydrogens is 350 g/mol. The molecule has 3 rings (SSSR count). The highest BCUT2D eigenvalue weighted by atomic mass is 19.3. The van der Waals surface area contributed by atoms with Gasteiger partial charge in [0.25, 0.3) is 0 Å². The molecule has 1 N–H and O–H groups in total. The van der Waals surface area contributed by atoms with Gasteiger partial charge in [-0.3, -0.25) is 9.69 Å². The first-order valence-electron chi connectivity index (χ1n) is 9.09. The second-order valence-electron chi connectivity index (χ2n) is 6.92. The van der Waals surface area contributed by atoms with Crippen LogP contribution in [-0.2, 0) is 17.9 Å². The molecule has 2 aromatic carbocycles. The van der Waals surface area contributed by atoms with Gasteiger partial charge in [0.05, 0.1) is 6.54 Å². The number of benzene rings is 2. The molecule has 0 heterocycles. The van der Waals surface area contributed by atoms with Crippen molar-refractivity contribution < 1.29 is 18.3 Å². The largest absolute Gasteiger partial charge is 0.435 e. The fourth-order valence-electron chi connectivity index (χ4n) is 3.03. The summed E-state index contributed by atoms with van der Waals surface area (Å²) in [6, 6.07) is 15.1. The number of nitrogens with one attached hydrogen (secondary N) is 1. The third-order valence-corrected chi connectivity index (χ3v) is 4.52. The smallest absolute Gasteiger partial charge is 0.387 e. The number of carbonyl (C=O) groups is 1. The van der Waals surface area contributed by atoms with E-state index in [-0.39, 0.29) is 11.7 Å². The van der Waals surface area contributed by atoms with E-state index < -0.39 is 6.61 Å². The van der Waals surface area contributed by atoms with Gasteiger partial charge in [-0.1, -0.05) is 42.0 Å². The quantitative estimate of drug-likeness (QED) is 0.724. The minimum Gasteiger partial charge on any atom is -0.435 e. The van der Waals surface area contributed by atoms with Gasteiger partial charge in [-0.15, -0.1) is 0 Å². The Morgan fingerprint density at radius 3 is 2.56 bits per heavy atom. The third-order valence-electron chi connectivity index (χ3n) is 4.52. The number of amides is 1. The lowest BCUT2D eigenvalue weighted by Crippen LogP contribution is -2.37. The Hall–Kier alpha value is -2.47. The van der Waals surface area contributed by atoms with E-state index in [1.165, 1.54) is 23.3 Å². The molecule has 1 aliphatic rings. The summed E-state index contributed by atoms with van der Waals surface area (Å²) in [6.45, 7) is 0.703. The van der Waals surface area contributed by atoms with Gasteiger partial charge in [0, 0.05) is 19.1 Å². The van der Waals surface area contributed by atoms with E-state index in [1.807, 2.05) is 6.07 Å². The number of rotatable bonds is 9. The monoisotopic (exact) mass is 374 g/mol. The molecule has 1 fully saturated rings. The van der Waals surface area contributed by atoms with Gasteiger partial charge in [0.15, 0.2) is 0 Å². The molecule has 0 aliphatic heterocycles. The standard InChI is InChI=1S/C21H24F2N2O2/c1-15-3-2-4-17(11-15)13-25(18-7-8-18)14-20(26)24-12-16-5-9-19(10-6-16)27-21(22)23/h2-6,9-11,18,21H,7-8,12-14H2,1H3,(H,24,26). The average Bonchev–Trinajstić information content (AvgIpc) is 3.45. The van der Waals surface area contributed by atoms with Gasteiger partial charge in [0.2, 0.25) is 5.91 Å². The van der Waals surface area contributed by atoms with Crippen molar-refractivity contribution >= 4 is 5.91 Å². The Balaban J connectivity index is 1.49. The van der Waals surface area contributed by atoms with Gasteiger partial charge in [0.1, 0.15) is 5.75 Å². The van der Waals surface area contributed by atoms with Crippen LogP contribution in [0.25, 0.3) is 0 Å². The number of halogens is 2. The minimum atomic E-state index is -2.84. The van der Waals surface area contributed by atoms with Gasteiger partial charge >= 0.3 is 6.61 Å². The Morgan fingerprint density at radius 1 is 1.19 bits per heavy atom. The van der Waals surface area contributed by atoms with Crippen LogP contribution in [0.15, 0.2) is 48.5 Å². The van der Waals surface area contributed by atoms with E-state index >= 15 is 0 Å². The van der Waals surface area contributed by atoms with Crippen molar-refractivity contribution in [1.29, 1.82) is 0 Å². The summed E-state index contributed by atoms with van der Waals surface area (Å²) in [5, 5.41) is 2.90. The van der Waals surface area contributed by atoms with Gasteiger partial charge in [-0.25, -0.2) is 0 Å². The topological polar surface area (TPSA) is 41.6 Å². The molecule has 0 bridgehead atoms. The molecule has 0 unspecified atom stereocenters. The van der Waals surface area contributed by atoms with Crippen molar-refractivity contribution in [2.75, 3.05) is 6.54 Å². The predicted octanol–water partition coefficient (Wildman–Crippen LogP) is 3.88. The average molecular weight is 374 g/mol. The van der Waals surface area contributed by atoms with E-state index in [2.05, 4.69) is 40.1 Å². The first-order valence-corrected chi connectivity index (χ1v) is 9.09. The van der Waals surface area contributed by atoms with Gasteiger partial charge in [-0.2, -0.15) is 8.78 Å². The minimum absolute atomic E-state index is 0.0394. The molecule has 144 valence electrons. The molecule has 0 radical (unpaired) electrons. The molecule has 27 heavy (non-hydrogen) atoms. The maximum atomic E-state index is 12.4. The van der Waals surface area contributed by atoms with Crippen molar-refractivity contribution in [3.05, 3.63) is 65.2 Å². The summed E-state index contributed by atoms with van der Waals surface area (Å²) in [5.74, 6) is 0.0700. The number of ether oxygens (including phenoxy) is 1. The highest BCUT2D eigenvalue weighted by Gasteiger charge is 2.30. The van der Waals surface area contributed by atoms with E-state index in [4.69, 9.17) is 0 Å². The Labute approximate surface area is 158 Å². The molecule has 1 saturated carbocycles. The Bertz CT molecular complexity index is 761. The lowest BCUT2D eigenvalue weighted by Gasteiger charge is -2.21. The first-order chi connectivity index (χ1) is 13.0. The normalized spacial score (nSPS) is 13.8. The highest BCUT2D eigenvalue weighted by molar-refractivity contribution is 5.78. The van der Waals surface area contributed by atoms with Crippen LogP contribution in [0.3, 0.4) is 0 Å². The van der Waals surface area contributed by atoms with Crippen molar-refractivity contribution in [1.82, 2.24) is 10.2 Å². The predicted molar refractivity (Wildman–Crippen MR) is 99.5 cm³/mol. The lowest BCUT2D eigenvalue weighted by atomic mass is 10.1. The molecule has 1 aliphatic carbocycles. The molecule has 0 aromatic heterocycles. The third kappa shape index (κ3) is 6.32. The number of hydrogen-bond acceptors (Lipinski definition) is 3. The summed E-state index contributed by atoms with van der Waals surface area (Å²) in [6.07, 6.45) is 2.26. The maximum absolute atomic E-state index is 12.4. The summed E-state index contributed by atoms with van der Waals surface area (Å²) >= 11 is 0. The van der Waals surface area contributed by atoms with Crippen LogP contribution in [0.4, 0.5) is 8.78 Å². The summed E-state index contributed by atoms with van der Waals surface area (Å²) < 4.78 is 28.6. The molecular formula is C21H24F2N2O2. The number of carbonyl (C=O) groups excluding carboxylic acids is 1. The Morgan fingerprint density at radius 2 is 1.93 bits per heavy atom. The zero-order valence-corrected chi connectivity index (χ0v) is 15.3. The van der Waals surface area contributed by atoms with E-state index in [9.17, 15) is 13.6 Å². The number of hydrogen-bond donors (Lipinski definition) is 1. The van der Waals surface area contributed by atoms with Gasteiger partial charge < -0.3 is 10.1 Å². The SMILES string of the molecule is Cc1cccc(CN(CC(=O)NCc2ccc(OC(F)F)cc2)C2CC2)c1. The first kappa shape index (κ1) is 19.3. The van der Waals surface area contributed by atoms with Crippen molar-refractivity contribution in [3.63, 3.8) is 0 Å². The van der Waals surface area contributed by atoms with Crippen LogP contribution in [0.2, 0.25) is 0 Å². The summed E-state index contributed by atoms with van der Waals surface area (Å²) in [4.78, 5) is 14.6. The number of alkyl halides is 2. The van der Waals surface area contributed by atoms with Crippen molar-refractivity contribution in [2.45, 2.75) is 45.5 Å². The second kappa shape index (κ2) is 8.95. The maximum Gasteiger partial charge on any atom is 0.387 e. The van der Waals surface area contributed by atoms with Crippen molar-refractivity contribution in [3.8, 4) is 5.75 Å². The van der Waals surface area contributed by atoms with Crippen LogP contribution in [0, 0.1) is 6.92 Å². The fraction of sp³-hybridized carbons (Fsp3) is 0.381. The summed E-state index contributed by atoms with van der Waals surface area (Å²) in [5.41, 5.74) is 3.26. The molecule has 0 atom stereocenters. The van der Waals surface area contributed by atoms with Crippen LogP contribution in [0.5, 0.6) is 5.75 Å². The lowest BCUT2D eigenvalue weighted by molar-refractivity contribution is -0.122. The number of aryl methyl sites for hydroxylation is 1. The molecule has 1 amide bonds. The van der Waals surface area contributed by atoms with Crippen LogP contribution >= 0.6 is 0 Å². The molecule has 6 heteroatoms. The molecule has 2 aromatic rings.